The maximum absolute atomic E-state index is 8.68. The maximum atomic E-state index is 8.68. The lowest BCUT2D eigenvalue weighted by molar-refractivity contribution is 0.318. The number of aromatic nitrogens is 2. The molecule has 0 bridgehead atoms. The minimum absolute atomic E-state index is 0.0149. The van der Waals surface area contributed by atoms with Crippen molar-refractivity contribution in [3.63, 3.8) is 0 Å². The second-order valence-corrected chi connectivity index (χ2v) is 4.62. The van der Waals surface area contributed by atoms with Crippen LogP contribution >= 0.6 is 0 Å². The van der Waals surface area contributed by atoms with Gasteiger partial charge in [-0.1, -0.05) is 18.0 Å². The summed E-state index contributed by atoms with van der Waals surface area (Å²) in [5, 5.41) is 11.6. The minimum atomic E-state index is 0.0149. The summed E-state index contributed by atoms with van der Waals surface area (Å²) in [5.41, 5.74) is 6.01. The topological polar surface area (TPSA) is 87.6 Å². The van der Waals surface area contributed by atoms with E-state index >= 15 is 0 Å². The Kier molecular flexibility index (Phi) is 3.96. The molecule has 6 nitrogen and oxygen atoms in total. The Morgan fingerprint density at radius 3 is 3.11 bits per heavy atom. The fourth-order valence-electron chi connectivity index (χ4n) is 2.25. The molecule has 1 unspecified atom stereocenters. The predicted molar refractivity (Wildman–Crippen MR) is 69.8 cm³/mol. The Hall–Kier alpha value is -1.85. The Bertz CT molecular complexity index is 434. The number of rotatable bonds is 2. The van der Waals surface area contributed by atoms with Crippen molar-refractivity contribution < 1.29 is 5.21 Å². The van der Waals surface area contributed by atoms with Gasteiger partial charge in [0.15, 0.2) is 5.84 Å². The summed E-state index contributed by atoms with van der Waals surface area (Å²) in [5.74, 6) is 0.676. The first kappa shape index (κ1) is 12.6. The second-order valence-electron chi connectivity index (χ2n) is 4.62. The van der Waals surface area contributed by atoms with Gasteiger partial charge >= 0.3 is 0 Å². The third kappa shape index (κ3) is 2.69. The molecule has 2 rings (SSSR count). The average Bonchev–Trinajstić information content (AvgIpc) is 2.62. The van der Waals surface area contributed by atoms with E-state index in [-0.39, 0.29) is 5.84 Å². The Balaban J connectivity index is 2.26. The standard InChI is InChI=1S/C12H19N5O/c1-9-5-3-2-4-8-17(9)12-14-7-6-10(15-12)11(13)16-18/h6-7,9,18H,2-5,8H2,1H3,(H2,13,16). The summed E-state index contributed by atoms with van der Waals surface area (Å²) in [7, 11) is 0. The van der Waals surface area contributed by atoms with Crippen LogP contribution in [0.5, 0.6) is 0 Å². The third-order valence-corrected chi connectivity index (χ3v) is 3.32. The molecule has 6 heteroatoms. The molecule has 3 N–H and O–H groups in total. The maximum Gasteiger partial charge on any atom is 0.226 e. The number of anilines is 1. The molecule has 2 heterocycles. The first-order chi connectivity index (χ1) is 8.72. The van der Waals surface area contributed by atoms with E-state index in [0.29, 0.717) is 17.7 Å². The first-order valence-corrected chi connectivity index (χ1v) is 6.30. The van der Waals surface area contributed by atoms with Crippen LogP contribution in [0.1, 0.15) is 38.3 Å². The molecule has 0 aromatic carbocycles. The van der Waals surface area contributed by atoms with Crippen LogP contribution in [-0.4, -0.2) is 33.6 Å². The smallest absolute Gasteiger partial charge is 0.226 e. The van der Waals surface area contributed by atoms with Gasteiger partial charge < -0.3 is 15.8 Å². The Morgan fingerprint density at radius 2 is 2.33 bits per heavy atom. The van der Waals surface area contributed by atoms with Gasteiger partial charge in [-0.3, -0.25) is 0 Å². The molecule has 98 valence electrons. The molecule has 1 aromatic rings. The van der Waals surface area contributed by atoms with Crippen LogP contribution < -0.4 is 10.6 Å². The summed E-state index contributed by atoms with van der Waals surface area (Å²) < 4.78 is 0. The normalized spacial score (nSPS) is 21.7. The molecule has 1 atom stereocenters. The number of nitrogens with two attached hydrogens (primary N) is 1. The van der Waals surface area contributed by atoms with Crippen LogP contribution in [0.15, 0.2) is 17.4 Å². The molecular weight excluding hydrogens is 230 g/mol. The fraction of sp³-hybridized carbons (Fsp3) is 0.583. The van der Waals surface area contributed by atoms with E-state index in [1.54, 1.807) is 12.3 Å². The van der Waals surface area contributed by atoms with Gasteiger partial charge in [0.05, 0.1) is 0 Å². The van der Waals surface area contributed by atoms with Gasteiger partial charge in [0, 0.05) is 18.8 Å². The van der Waals surface area contributed by atoms with Gasteiger partial charge in [0.2, 0.25) is 5.95 Å². The van der Waals surface area contributed by atoms with Crippen molar-refractivity contribution >= 4 is 11.8 Å². The van der Waals surface area contributed by atoms with E-state index in [0.717, 1.165) is 19.4 Å². The molecule has 1 aliphatic rings. The quantitative estimate of drug-likeness (QED) is 0.357. The van der Waals surface area contributed by atoms with Crippen LogP contribution in [0.4, 0.5) is 5.95 Å². The lowest BCUT2D eigenvalue weighted by atomic mass is 10.1. The first-order valence-electron chi connectivity index (χ1n) is 6.30. The summed E-state index contributed by atoms with van der Waals surface area (Å²) in [6.07, 6.45) is 6.45. The zero-order valence-electron chi connectivity index (χ0n) is 10.6. The Morgan fingerprint density at radius 1 is 1.50 bits per heavy atom. The molecule has 0 amide bonds. The molecule has 0 radical (unpaired) electrons. The van der Waals surface area contributed by atoms with Crippen molar-refractivity contribution in [3.8, 4) is 0 Å². The third-order valence-electron chi connectivity index (χ3n) is 3.32. The van der Waals surface area contributed by atoms with Gasteiger partial charge in [-0.2, -0.15) is 0 Å². The predicted octanol–water partition coefficient (Wildman–Crippen LogP) is 1.34. The van der Waals surface area contributed by atoms with Gasteiger partial charge in [-0.15, -0.1) is 0 Å². The zero-order chi connectivity index (χ0) is 13.0. The van der Waals surface area contributed by atoms with Crippen LogP contribution in [0, 0.1) is 0 Å². The summed E-state index contributed by atoms with van der Waals surface area (Å²) in [4.78, 5) is 10.8. The highest BCUT2D eigenvalue weighted by Crippen LogP contribution is 2.20. The lowest BCUT2D eigenvalue weighted by Crippen LogP contribution is -2.34. The van der Waals surface area contributed by atoms with Crippen molar-refractivity contribution in [2.45, 2.75) is 38.6 Å². The molecule has 0 saturated carbocycles. The van der Waals surface area contributed by atoms with E-state index in [1.807, 2.05) is 0 Å². The highest BCUT2D eigenvalue weighted by atomic mass is 16.4. The van der Waals surface area contributed by atoms with E-state index < -0.39 is 0 Å². The number of oxime groups is 1. The van der Waals surface area contributed by atoms with Crippen molar-refractivity contribution in [3.05, 3.63) is 18.0 Å². The van der Waals surface area contributed by atoms with Gasteiger partial charge in [0.25, 0.3) is 0 Å². The number of hydrogen-bond donors (Lipinski definition) is 2. The van der Waals surface area contributed by atoms with Crippen LogP contribution in [0.2, 0.25) is 0 Å². The van der Waals surface area contributed by atoms with Crippen molar-refractivity contribution in [1.29, 1.82) is 0 Å². The van der Waals surface area contributed by atoms with Crippen LogP contribution in [0.25, 0.3) is 0 Å². The van der Waals surface area contributed by atoms with Gasteiger partial charge in [-0.25, -0.2) is 9.97 Å². The monoisotopic (exact) mass is 249 g/mol. The molecule has 18 heavy (non-hydrogen) atoms. The summed E-state index contributed by atoms with van der Waals surface area (Å²) >= 11 is 0. The van der Waals surface area contributed by atoms with E-state index in [1.165, 1.54) is 12.8 Å². The molecule has 1 aromatic heterocycles. The number of nitrogens with zero attached hydrogens (tertiary/aromatic N) is 4. The lowest BCUT2D eigenvalue weighted by Gasteiger charge is -2.27. The second kappa shape index (κ2) is 5.66. The fourth-order valence-corrected chi connectivity index (χ4v) is 2.25. The largest absolute Gasteiger partial charge is 0.409 e. The molecular formula is C12H19N5O. The SMILES string of the molecule is CC1CCCCCN1c1nccc(/C(N)=N/O)n1. The van der Waals surface area contributed by atoms with Crippen molar-refractivity contribution in [1.82, 2.24) is 9.97 Å². The summed E-state index contributed by atoms with van der Waals surface area (Å²) in [6.45, 7) is 3.14. The summed E-state index contributed by atoms with van der Waals surface area (Å²) in [6, 6.07) is 2.07. The van der Waals surface area contributed by atoms with E-state index in [9.17, 15) is 0 Å². The van der Waals surface area contributed by atoms with Crippen molar-refractivity contribution in [2.24, 2.45) is 10.9 Å². The van der Waals surface area contributed by atoms with Crippen LogP contribution in [-0.2, 0) is 0 Å². The van der Waals surface area contributed by atoms with Gasteiger partial charge in [-0.05, 0) is 25.8 Å². The van der Waals surface area contributed by atoms with Crippen molar-refractivity contribution in [2.75, 3.05) is 11.4 Å². The number of hydrogen-bond acceptors (Lipinski definition) is 5. The molecule has 1 aliphatic heterocycles. The zero-order valence-corrected chi connectivity index (χ0v) is 10.6. The highest BCUT2D eigenvalue weighted by Gasteiger charge is 2.19. The van der Waals surface area contributed by atoms with E-state index in [4.69, 9.17) is 10.9 Å². The molecule has 0 spiro atoms. The number of amidine groups is 1. The molecule has 1 saturated heterocycles. The molecule has 1 fully saturated rings. The van der Waals surface area contributed by atoms with Gasteiger partial charge in [0.1, 0.15) is 5.69 Å². The average molecular weight is 249 g/mol. The molecule has 0 aliphatic carbocycles. The van der Waals surface area contributed by atoms with E-state index in [2.05, 4.69) is 26.9 Å². The van der Waals surface area contributed by atoms with Crippen LogP contribution in [0.3, 0.4) is 0 Å². The highest BCUT2D eigenvalue weighted by molar-refractivity contribution is 5.95. The minimum Gasteiger partial charge on any atom is -0.409 e. The Labute approximate surface area is 107 Å².